The monoisotopic (exact) mass is 245 g/mol. The molecule has 1 aromatic carbocycles. The molecule has 4 N–H and O–H groups in total. The van der Waals surface area contributed by atoms with E-state index in [2.05, 4.69) is 0 Å². The van der Waals surface area contributed by atoms with Crippen molar-refractivity contribution in [3.05, 3.63) is 33.9 Å². The van der Waals surface area contributed by atoms with Gasteiger partial charge in [-0.15, -0.1) is 0 Å². The van der Waals surface area contributed by atoms with Crippen LogP contribution in [-0.4, -0.2) is 19.9 Å². The average molecular weight is 245 g/mol. The highest BCUT2D eigenvalue weighted by Crippen LogP contribution is 2.22. The van der Waals surface area contributed by atoms with Crippen LogP contribution in [0.1, 0.15) is 5.56 Å². The zero-order chi connectivity index (χ0) is 12.3. The van der Waals surface area contributed by atoms with Crippen LogP contribution in [-0.2, 0) is 16.4 Å². The molecule has 0 aliphatic rings. The Bertz CT molecular complexity index is 512. The summed E-state index contributed by atoms with van der Waals surface area (Å²) in [5, 5.41) is 15.6. The van der Waals surface area contributed by atoms with Crippen LogP contribution < -0.4 is 10.9 Å². The first kappa shape index (κ1) is 12.6. The summed E-state index contributed by atoms with van der Waals surface area (Å²) in [5.41, 5.74) is 5.39. The summed E-state index contributed by atoms with van der Waals surface area (Å²) < 4.78 is 22.1. The van der Waals surface area contributed by atoms with Gasteiger partial charge < -0.3 is 5.73 Å². The second kappa shape index (κ2) is 4.56. The van der Waals surface area contributed by atoms with Crippen molar-refractivity contribution in [3.63, 3.8) is 0 Å². The van der Waals surface area contributed by atoms with Crippen LogP contribution in [0.5, 0.6) is 0 Å². The van der Waals surface area contributed by atoms with Crippen molar-refractivity contribution in [2.45, 2.75) is 11.3 Å². The van der Waals surface area contributed by atoms with E-state index < -0.39 is 14.9 Å². The normalized spacial score (nSPS) is 11.4. The van der Waals surface area contributed by atoms with Crippen LogP contribution in [0.15, 0.2) is 23.1 Å². The van der Waals surface area contributed by atoms with E-state index in [0.29, 0.717) is 0 Å². The molecule has 0 radical (unpaired) electrons. The van der Waals surface area contributed by atoms with Crippen LogP contribution in [0, 0.1) is 10.1 Å². The first-order valence-corrected chi connectivity index (χ1v) is 5.91. The Hall–Kier alpha value is -1.51. The van der Waals surface area contributed by atoms with Gasteiger partial charge in [-0.05, 0) is 25.1 Å². The number of benzene rings is 1. The van der Waals surface area contributed by atoms with Crippen LogP contribution in [0.25, 0.3) is 0 Å². The highest BCUT2D eigenvalue weighted by Gasteiger charge is 2.17. The maximum atomic E-state index is 11.0. The third-order valence-corrected chi connectivity index (χ3v) is 2.90. The summed E-state index contributed by atoms with van der Waals surface area (Å²) in [4.78, 5) is 9.90. The molecule has 88 valence electrons. The second-order valence-corrected chi connectivity index (χ2v) is 4.69. The Kier molecular flexibility index (Phi) is 3.58. The summed E-state index contributed by atoms with van der Waals surface area (Å²) >= 11 is 0. The summed E-state index contributed by atoms with van der Waals surface area (Å²) in [6.45, 7) is 0.189. The minimum atomic E-state index is -3.85. The Labute approximate surface area is 92.3 Å². The predicted octanol–water partition coefficient (Wildman–Crippen LogP) is -0.257. The number of hydrogen-bond acceptors (Lipinski definition) is 5. The maximum Gasteiger partial charge on any atom is 0.272 e. The van der Waals surface area contributed by atoms with Gasteiger partial charge in [-0.3, -0.25) is 10.1 Å². The molecule has 0 heterocycles. The van der Waals surface area contributed by atoms with E-state index in [1.165, 1.54) is 6.07 Å². The number of nitrogens with zero attached hydrogens (tertiary/aromatic N) is 1. The molecule has 0 unspecified atom stereocenters. The number of primary sulfonamides is 1. The molecule has 7 nitrogen and oxygen atoms in total. The lowest BCUT2D eigenvalue weighted by molar-refractivity contribution is -0.385. The molecule has 0 atom stereocenters. The zero-order valence-electron chi connectivity index (χ0n) is 8.29. The lowest BCUT2D eigenvalue weighted by Crippen LogP contribution is -2.13. The first-order valence-electron chi connectivity index (χ1n) is 4.36. The fourth-order valence-corrected chi connectivity index (χ4v) is 1.84. The van der Waals surface area contributed by atoms with E-state index in [0.717, 1.165) is 12.1 Å². The number of sulfonamides is 1. The third-order valence-electron chi connectivity index (χ3n) is 1.99. The van der Waals surface area contributed by atoms with Crippen molar-refractivity contribution in [2.24, 2.45) is 10.9 Å². The second-order valence-electron chi connectivity index (χ2n) is 3.13. The van der Waals surface area contributed by atoms with Crippen molar-refractivity contribution in [3.8, 4) is 0 Å². The molecule has 0 saturated carbocycles. The molecule has 0 bridgehead atoms. The van der Waals surface area contributed by atoms with Crippen LogP contribution in [0.2, 0.25) is 0 Å². The van der Waals surface area contributed by atoms with Crippen molar-refractivity contribution >= 4 is 15.7 Å². The minimum absolute atomic E-state index is 0.151. The van der Waals surface area contributed by atoms with E-state index in [4.69, 9.17) is 10.9 Å². The molecule has 0 fully saturated rings. The minimum Gasteiger partial charge on any atom is -0.330 e. The Morgan fingerprint density at radius 1 is 1.38 bits per heavy atom. The number of nitro benzene ring substituents is 1. The van der Waals surface area contributed by atoms with Crippen molar-refractivity contribution in [2.75, 3.05) is 6.54 Å². The van der Waals surface area contributed by atoms with Gasteiger partial charge in [0.05, 0.1) is 9.82 Å². The van der Waals surface area contributed by atoms with Crippen LogP contribution in [0.4, 0.5) is 5.69 Å². The van der Waals surface area contributed by atoms with Crippen molar-refractivity contribution < 1.29 is 13.3 Å². The molecule has 0 saturated heterocycles. The van der Waals surface area contributed by atoms with Gasteiger partial charge in [0.1, 0.15) is 0 Å². The molecule has 0 spiro atoms. The fourth-order valence-electron chi connectivity index (χ4n) is 1.27. The summed E-state index contributed by atoms with van der Waals surface area (Å²) in [5.74, 6) is 0. The maximum absolute atomic E-state index is 11.0. The Balaban J connectivity index is 3.33. The largest absolute Gasteiger partial charge is 0.330 e. The van der Waals surface area contributed by atoms with Gasteiger partial charge in [0.25, 0.3) is 5.69 Å². The molecule has 0 aliphatic carbocycles. The summed E-state index contributed by atoms with van der Waals surface area (Å²) in [6, 6.07) is 3.40. The molecule has 8 heteroatoms. The van der Waals surface area contributed by atoms with Gasteiger partial charge in [0, 0.05) is 11.6 Å². The molecule has 0 aliphatic heterocycles. The van der Waals surface area contributed by atoms with Crippen molar-refractivity contribution in [1.82, 2.24) is 0 Å². The lowest BCUT2D eigenvalue weighted by atomic mass is 10.1. The third kappa shape index (κ3) is 2.75. The van der Waals surface area contributed by atoms with Gasteiger partial charge in [0.15, 0.2) is 0 Å². The molecule has 16 heavy (non-hydrogen) atoms. The standard InChI is InChI=1S/C8H11N3O4S/c9-4-3-6-5-7(16(10,14)15)1-2-8(6)11(12)13/h1-2,5H,3-4,9H2,(H2,10,14,15). The quantitative estimate of drug-likeness (QED) is 0.557. The Morgan fingerprint density at radius 3 is 2.44 bits per heavy atom. The fraction of sp³-hybridized carbons (Fsp3) is 0.250. The molecule has 0 amide bonds. The van der Waals surface area contributed by atoms with E-state index in [1.807, 2.05) is 0 Å². The van der Waals surface area contributed by atoms with E-state index in [1.54, 1.807) is 0 Å². The zero-order valence-corrected chi connectivity index (χ0v) is 9.11. The summed E-state index contributed by atoms with van der Waals surface area (Å²) in [7, 11) is -3.85. The SMILES string of the molecule is NCCc1cc(S(N)(=O)=O)ccc1[N+](=O)[O-]. The van der Waals surface area contributed by atoms with Crippen molar-refractivity contribution in [1.29, 1.82) is 0 Å². The predicted molar refractivity (Wildman–Crippen MR) is 57.2 cm³/mol. The van der Waals surface area contributed by atoms with E-state index in [-0.39, 0.29) is 29.1 Å². The lowest BCUT2D eigenvalue weighted by Gasteiger charge is -2.03. The molecule has 1 rings (SSSR count). The van der Waals surface area contributed by atoms with Gasteiger partial charge in [-0.1, -0.05) is 0 Å². The number of hydrogen-bond donors (Lipinski definition) is 2. The highest BCUT2D eigenvalue weighted by molar-refractivity contribution is 7.89. The summed E-state index contributed by atoms with van der Waals surface area (Å²) in [6.07, 6.45) is 0.222. The van der Waals surface area contributed by atoms with Gasteiger partial charge >= 0.3 is 0 Å². The van der Waals surface area contributed by atoms with Gasteiger partial charge in [-0.25, -0.2) is 13.6 Å². The smallest absolute Gasteiger partial charge is 0.272 e. The number of nitrogens with two attached hydrogens (primary N) is 2. The highest BCUT2D eigenvalue weighted by atomic mass is 32.2. The first-order chi connectivity index (χ1) is 7.36. The molecular formula is C8H11N3O4S. The molecule has 0 aromatic heterocycles. The number of rotatable bonds is 4. The molecular weight excluding hydrogens is 234 g/mol. The van der Waals surface area contributed by atoms with Crippen LogP contribution in [0.3, 0.4) is 0 Å². The molecule has 1 aromatic rings. The number of nitro groups is 1. The van der Waals surface area contributed by atoms with E-state index >= 15 is 0 Å². The Morgan fingerprint density at radius 2 is 2.00 bits per heavy atom. The topological polar surface area (TPSA) is 129 Å². The van der Waals surface area contributed by atoms with Crippen LogP contribution >= 0.6 is 0 Å². The van der Waals surface area contributed by atoms with Gasteiger partial charge in [0.2, 0.25) is 10.0 Å². The van der Waals surface area contributed by atoms with E-state index in [9.17, 15) is 18.5 Å². The average Bonchev–Trinajstić information content (AvgIpc) is 2.16. The van der Waals surface area contributed by atoms with Gasteiger partial charge in [-0.2, -0.15) is 0 Å².